The van der Waals surface area contributed by atoms with Crippen molar-refractivity contribution in [2.45, 2.75) is 32.6 Å². The summed E-state index contributed by atoms with van der Waals surface area (Å²) in [5.41, 5.74) is 1.52. The van der Waals surface area contributed by atoms with Crippen LogP contribution in [0.1, 0.15) is 32.0 Å². The van der Waals surface area contributed by atoms with E-state index in [1.165, 1.54) is 12.1 Å². The monoisotopic (exact) mass is 275 g/mol. The van der Waals surface area contributed by atoms with Gasteiger partial charge in [0.2, 0.25) is 5.91 Å². The first-order valence-corrected chi connectivity index (χ1v) is 6.45. The topological polar surface area (TPSA) is 57.8 Å². The van der Waals surface area contributed by atoms with Crippen LogP contribution in [0.2, 0.25) is 0 Å². The average Bonchev–Trinajstić information content (AvgIpc) is 2.76. The second-order valence-electron chi connectivity index (χ2n) is 5.77. The molecule has 4 nitrogen and oxygen atoms in total. The summed E-state index contributed by atoms with van der Waals surface area (Å²) in [6, 6.07) is 7.82. The maximum atomic E-state index is 13.0. The second kappa shape index (κ2) is 5.45. The Bertz CT molecular complexity index is 614. The van der Waals surface area contributed by atoms with Crippen LogP contribution in [0.15, 0.2) is 30.3 Å². The number of hydrogen-bond acceptors (Lipinski definition) is 2. The first-order valence-electron chi connectivity index (χ1n) is 6.45. The lowest BCUT2D eigenvalue weighted by atomic mass is 9.92. The van der Waals surface area contributed by atoms with Crippen molar-refractivity contribution < 1.29 is 9.18 Å². The number of carbonyl (C=O) groups is 1. The van der Waals surface area contributed by atoms with E-state index in [0.29, 0.717) is 11.4 Å². The van der Waals surface area contributed by atoms with E-state index in [4.69, 9.17) is 0 Å². The lowest BCUT2D eigenvalue weighted by molar-refractivity contribution is -0.115. The Balaban J connectivity index is 2.00. The number of anilines is 1. The van der Waals surface area contributed by atoms with E-state index in [1.54, 1.807) is 12.1 Å². The van der Waals surface area contributed by atoms with Gasteiger partial charge in [-0.3, -0.25) is 9.89 Å². The molecule has 2 aromatic rings. The van der Waals surface area contributed by atoms with Gasteiger partial charge < -0.3 is 5.32 Å². The van der Waals surface area contributed by atoms with Crippen molar-refractivity contribution in [1.29, 1.82) is 0 Å². The molecule has 0 fully saturated rings. The first kappa shape index (κ1) is 14.2. The molecule has 5 heteroatoms. The summed E-state index contributed by atoms with van der Waals surface area (Å²) >= 11 is 0. The molecule has 2 rings (SSSR count). The number of hydrogen-bond donors (Lipinski definition) is 2. The van der Waals surface area contributed by atoms with Crippen LogP contribution in [-0.4, -0.2) is 16.1 Å². The van der Waals surface area contributed by atoms with Gasteiger partial charge >= 0.3 is 0 Å². The molecule has 0 unspecified atom stereocenters. The number of nitrogens with one attached hydrogen (secondary N) is 2. The Morgan fingerprint density at radius 3 is 2.70 bits per heavy atom. The van der Waals surface area contributed by atoms with Crippen LogP contribution >= 0.6 is 0 Å². The quantitative estimate of drug-likeness (QED) is 0.904. The van der Waals surface area contributed by atoms with E-state index >= 15 is 0 Å². The van der Waals surface area contributed by atoms with Crippen molar-refractivity contribution in [3.63, 3.8) is 0 Å². The number of halogens is 1. The van der Waals surface area contributed by atoms with Crippen LogP contribution in [-0.2, 0) is 16.6 Å². The molecule has 1 heterocycles. The van der Waals surface area contributed by atoms with Crippen molar-refractivity contribution in [3.05, 3.63) is 47.4 Å². The van der Waals surface area contributed by atoms with Gasteiger partial charge in [-0.2, -0.15) is 5.10 Å². The SMILES string of the molecule is CC(C)(C)c1cc(NC(=O)Cc2cccc(F)c2)n[nH]1. The zero-order chi connectivity index (χ0) is 14.8. The predicted octanol–water partition coefficient (Wildman–Crippen LogP) is 3.03. The summed E-state index contributed by atoms with van der Waals surface area (Å²) in [6.45, 7) is 6.16. The van der Waals surface area contributed by atoms with Gasteiger partial charge in [0, 0.05) is 17.2 Å². The third-order valence-corrected chi connectivity index (χ3v) is 2.91. The van der Waals surface area contributed by atoms with Crippen LogP contribution in [0.4, 0.5) is 10.2 Å². The molecule has 0 saturated carbocycles. The van der Waals surface area contributed by atoms with Gasteiger partial charge in [-0.25, -0.2) is 4.39 Å². The normalized spacial score (nSPS) is 11.4. The Morgan fingerprint density at radius 1 is 1.35 bits per heavy atom. The number of aromatic amines is 1. The largest absolute Gasteiger partial charge is 0.309 e. The zero-order valence-electron chi connectivity index (χ0n) is 11.8. The van der Waals surface area contributed by atoms with E-state index in [0.717, 1.165) is 5.69 Å². The Morgan fingerprint density at radius 2 is 2.10 bits per heavy atom. The molecular weight excluding hydrogens is 257 g/mol. The highest BCUT2D eigenvalue weighted by Gasteiger charge is 2.17. The second-order valence-corrected chi connectivity index (χ2v) is 5.77. The molecule has 20 heavy (non-hydrogen) atoms. The minimum Gasteiger partial charge on any atom is -0.309 e. The van der Waals surface area contributed by atoms with Gasteiger partial charge in [0.1, 0.15) is 5.82 Å². The molecule has 0 radical (unpaired) electrons. The molecule has 106 valence electrons. The molecule has 0 spiro atoms. The molecular formula is C15H18FN3O. The van der Waals surface area contributed by atoms with E-state index < -0.39 is 0 Å². The summed E-state index contributed by atoms with van der Waals surface area (Å²) < 4.78 is 13.0. The zero-order valence-corrected chi connectivity index (χ0v) is 11.8. The van der Waals surface area contributed by atoms with Crippen molar-refractivity contribution >= 4 is 11.7 Å². The Labute approximate surface area is 117 Å². The molecule has 0 aliphatic carbocycles. The highest BCUT2D eigenvalue weighted by molar-refractivity contribution is 5.91. The Hall–Kier alpha value is -2.17. The van der Waals surface area contributed by atoms with Gasteiger partial charge in [-0.05, 0) is 17.7 Å². The van der Waals surface area contributed by atoms with Gasteiger partial charge in [0.15, 0.2) is 5.82 Å². The summed E-state index contributed by atoms with van der Waals surface area (Å²) in [5, 5.41) is 9.65. The van der Waals surface area contributed by atoms with Gasteiger partial charge in [0.25, 0.3) is 0 Å². The number of aromatic nitrogens is 2. The summed E-state index contributed by atoms with van der Waals surface area (Å²) in [7, 11) is 0. The highest BCUT2D eigenvalue weighted by Crippen LogP contribution is 2.21. The average molecular weight is 275 g/mol. The molecule has 0 aliphatic rings. The van der Waals surface area contributed by atoms with Crippen LogP contribution in [0.5, 0.6) is 0 Å². The van der Waals surface area contributed by atoms with Crippen LogP contribution < -0.4 is 5.32 Å². The standard InChI is InChI=1S/C15H18FN3O/c1-15(2,3)12-9-13(19-18-12)17-14(20)8-10-5-4-6-11(16)7-10/h4-7,9H,8H2,1-3H3,(H2,17,18,19,20). The van der Waals surface area contributed by atoms with Crippen molar-refractivity contribution in [3.8, 4) is 0 Å². The van der Waals surface area contributed by atoms with Crippen LogP contribution in [0.3, 0.4) is 0 Å². The van der Waals surface area contributed by atoms with E-state index in [9.17, 15) is 9.18 Å². The van der Waals surface area contributed by atoms with E-state index in [-0.39, 0.29) is 23.6 Å². The predicted molar refractivity (Wildman–Crippen MR) is 76.0 cm³/mol. The van der Waals surface area contributed by atoms with Gasteiger partial charge in [-0.1, -0.05) is 32.9 Å². The number of H-pyrrole nitrogens is 1. The maximum Gasteiger partial charge on any atom is 0.229 e. The number of nitrogens with zero attached hydrogens (tertiary/aromatic N) is 1. The summed E-state index contributed by atoms with van der Waals surface area (Å²) in [4.78, 5) is 11.9. The van der Waals surface area contributed by atoms with Crippen LogP contribution in [0, 0.1) is 5.82 Å². The van der Waals surface area contributed by atoms with Gasteiger partial charge in [0.05, 0.1) is 6.42 Å². The fourth-order valence-electron chi connectivity index (χ4n) is 1.79. The van der Waals surface area contributed by atoms with Crippen molar-refractivity contribution in [1.82, 2.24) is 10.2 Å². The highest BCUT2D eigenvalue weighted by atomic mass is 19.1. The van der Waals surface area contributed by atoms with Crippen molar-refractivity contribution in [2.75, 3.05) is 5.32 Å². The molecule has 0 saturated heterocycles. The van der Waals surface area contributed by atoms with E-state index in [2.05, 4.69) is 36.3 Å². The fraction of sp³-hybridized carbons (Fsp3) is 0.333. The summed E-state index contributed by atoms with van der Waals surface area (Å²) in [6.07, 6.45) is 0.121. The molecule has 0 atom stereocenters. The van der Waals surface area contributed by atoms with Crippen LogP contribution in [0.25, 0.3) is 0 Å². The van der Waals surface area contributed by atoms with Crippen molar-refractivity contribution in [2.24, 2.45) is 0 Å². The minimum absolute atomic E-state index is 0.0570. The van der Waals surface area contributed by atoms with E-state index in [1.807, 2.05) is 6.07 Å². The molecule has 0 aliphatic heterocycles. The number of amides is 1. The lowest BCUT2D eigenvalue weighted by Gasteiger charge is -2.14. The number of rotatable bonds is 3. The maximum absolute atomic E-state index is 13.0. The molecule has 0 bridgehead atoms. The van der Waals surface area contributed by atoms with Gasteiger partial charge in [-0.15, -0.1) is 0 Å². The summed E-state index contributed by atoms with van der Waals surface area (Å²) in [5.74, 6) is -0.0797. The number of carbonyl (C=O) groups excluding carboxylic acids is 1. The molecule has 1 aromatic heterocycles. The smallest absolute Gasteiger partial charge is 0.229 e. The first-order chi connectivity index (χ1) is 9.34. The number of benzene rings is 1. The third-order valence-electron chi connectivity index (χ3n) is 2.91. The molecule has 1 aromatic carbocycles. The Kier molecular flexibility index (Phi) is 3.88. The third kappa shape index (κ3) is 3.66. The minimum atomic E-state index is -0.343. The fourth-order valence-corrected chi connectivity index (χ4v) is 1.79. The molecule has 1 amide bonds. The lowest BCUT2D eigenvalue weighted by Crippen LogP contribution is -2.14. The molecule has 2 N–H and O–H groups in total.